The third-order valence-electron chi connectivity index (χ3n) is 3.76. The van der Waals surface area contributed by atoms with Crippen molar-refractivity contribution >= 4 is 11.9 Å². The van der Waals surface area contributed by atoms with Crippen LogP contribution in [0, 0.1) is 0 Å². The van der Waals surface area contributed by atoms with E-state index in [1.165, 1.54) is 0 Å². The maximum atomic E-state index is 12.3. The van der Waals surface area contributed by atoms with Crippen LogP contribution >= 0.6 is 0 Å². The predicted octanol–water partition coefficient (Wildman–Crippen LogP) is 2.14. The zero-order chi connectivity index (χ0) is 17.7. The largest absolute Gasteiger partial charge is 0.372 e. The van der Waals surface area contributed by atoms with Crippen LogP contribution in [0.1, 0.15) is 43.6 Å². The smallest absolute Gasteiger partial charge is 0.317 e. The van der Waals surface area contributed by atoms with E-state index in [2.05, 4.69) is 10.6 Å². The van der Waals surface area contributed by atoms with Gasteiger partial charge < -0.3 is 20.3 Å². The first-order valence-electron chi connectivity index (χ1n) is 8.43. The van der Waals surface area contributed by atoms with E-state index in [4.69, 9.17) is 4.74 Å². The number of amides is 3. The second-order valence-corrected chi connectivity index (χ2v) is 6.65. The molecule has 1 aromatic rings. The molecular weight excluding hydrogens is 306 g/mol. The molecule has 3 amide bonds. The maximum Gasteiger partial charge on any atom is 0.317 e. The summed E-state index contributed by atoms with van der Waals surface area (Å²) in [5.74, 6) is -0.103. The molecule has 0 aliphatic carbocycles. The average molecular weight is 333 g/mol. The van der Waals surface area contributed by atoms with Crippen LogP contribution in [0.15, 0.2) is 24.3 Å². The van der Waals surface area contributed by atoms with Gasteiger partial charge in [-0.05, 0) is 45.4 Å². The van der Waals surface area contributed by atoms with Gasteiger partial charge in [-0.15, -0.1) is 0 Å². The van der Waals surface area contributed by atoms with Gasteiger partial charge in [0, 0.05) is 31.2 Å². The molecule has 0 radical (unpaired) electrons. The van der Waals surface area contributed by atoms with Crippen LogP contribution in [-0.2, 0) is 11.3 Å². The quantitative estimate of drug-likeness (QED) is 0.887. The fourth-order valence-electron chi connectivity index (χ4n) is 2.80. The Morgan fingerprint density at radius 3 is 2.54 bits per heavy atom. The molecule has 1 aliphatic rings. The molecule has 0 bridgehead atoms. The van der Waals surface area contributed by atoms with Crippen molar-refractivity contribution in [1.82, 2.24) is 15.5 Å². The highest BCUT2D eigenvalue weighted by Gasteiger charge is 2.25. The molecule has 6 heteroatoms. The Hall–Kier alpha value is -2.08. The Bertz CT molecular complexity index is 579. The molecule has 1 fully saturated rings. The second kappa shape index (κ2) is 8.15. The summed E-state index contributed by atoms with van der Waals surface area (Å²) in [6.07, 6.45) is 0.0881. The zero-order valence-electron chi connectivity index (χ0n) is 14.8. The third kappa shape index (κ3) is 5.23. The van der Waals surface area contributed by atoms with Gasteiger partial charge in [0.15, 0.2) is 0 Å². The molecule has 2 N–H and O–H groups in total. The fraction of sp³-hybridized carbons (Fsp3) is 0.556. The van der Waals surface area contributed by atoms with Gasteiger partial charge in [0.25, 0.3) is 5.91 Å². The van der Waals surface area contributed by atoms with Gasteiger partial charge in [-0.25, -0.2) is 4.79 Å². The van der Waals surface area contributed by atoms with Gasteiger partial charge in [0.1, 0.15) is 0 Å². The van der Waals surface area contributed by atoms with E-state index in [0.29, 0.717) is 25.2 Å². The number of carbonyl (C=O) groups excluding carboxylic acids is 2. The first-order valence-corrected chi connectivity index (χ1v) is 8.43. The summed E-state index contributed by atoms with van der Waals surface area (Å²) >= 11 is 0. The van der Waals surface area contributed by atoms with E-state index in [1.54, 1.807) is 11.0 Å². The second-order valence-electron chi connectivity index (χ2n) is 6.65. The number of nitrogens with one attached hydrogen (secondary N) is 2. The molecule has 0 spiro atoms. The number of nitrogens with zero attached hydrogens (tertiary/aromatic N) is 1. The number of ether oxygens (including phenoxy) is 1. The minimum atomic E-state index is -0.103. The Labute approximate surface area is 143 Å². The van der Waals surface area contributed by atoms with E-state index in [1.807, 2.05) is 45.9 Å². The molecule has 0 unspecified atom stereocenters. The van der Waals surface area contributed by atoms with Crippen molar-refractivity contribution in [3.63, 3.8) is 0 Å². The van der Waals surface area contributed by atoms with Gasteiger partial charge in [-0.1, -0.05) is 12.1 Å². The molecule has 1 saturated heterocycles. The molecule has 0 saturated carbocycles. The first-order chi connectivity index (χ1) is 11.3. The summed E-state index contributed by atoms with van der Waals surface area (Å²) < 4.78 is 5.64. The highest BCUT2D eigenvalue weighted by molar-refractivity contribution is 5.94. The molecule has 1 aromatic carbocycles. The van der Waals surface area contributed by atoms with Crippen molar-refractivity contribution in [3.8, 4) is 0 Å². The summed E-state index contributed by atoms with van der Waals surface area (Å²) in [6, 6.07) is 7.30. The number of urea groups is 1. The van der Waals surface area contributed by atoms with Gasteiger partial charge in [-0.2, -0.15) is 0 Å². The summed E-state index contributed by atoms with van der Waals surface area (Å²) in [4.78, 5) is 26.1. The van der Waals surface area contributed by atoms with Crippen LogP contribution in [-0.4, -0.2) is 48.2 Å². The lowest BCUT2D eigenvalue weighted by molar-refractivity contribution is -0.0545. The topological polar surface area (TPSA) is 70.7 Å². The molecule has 0 aromatic heterocycles. The summed E-state index contributed by atoms with van der Waals surface area (Å²) in [5.41, 5.74) is 1.50. The number of carbonyl (C=O) groups is 2. The number of hydrogen-bond donors (Lipinski definition) is 2. The lowest BCUT2D eigenvalue weighted by Crippen LogP contribution is -2.51. The van der Waals surface area contributed by atoms with Gasteiger partial charge in [0.2, 0.25) is 0 Å². The van der Waals surface area contributed by atoms with Crippen LogP contribution < -0.4 is 10.6 Å². The molecular formula is C18H27N3O3. The maximum absolute atomic E-state index is 12.3. The van der Waals surface area contributed by atoms with Crippen molar-refractivity contribution in [2.24, 2.45) is 0 Å². The Morgan fingerprint density at radius 1 is 1.25 bits per heavy atom. The average Bonchev–Trinajstić information content (AvgIpc) is 2.51. The third-order valence-corrected chi connectivity index (χ3v) is 3.76. The monoisotopic (exact) mass is 333 g/mol. The molecule has 1 heterocycles. The lowest BCUT2D eigenvalue weighted by atomic mass is 10.1. The minimum absolute atomic E-state index is 0.0440. The normalized spacial score (nSPS) is 20.8. The predicted molar refractivity (Wildman–Crippen MR) is 92.9 cm³/mol. The number of morpholine rings is 1. The van der Waals surface area contributed by atoms with E-state index in [0.717, 1.165) is 5.56 Å². The highest BCUT2D eigenvalue weighted by Crippen LogP contribution is 2.11. The van der Waals surface area contributed by atoms with Crippen molar-refractivity contribution in [1.29, 1.82) is 0 Å². The van der Waals surface area contributed by atoms with Gasteiger partial charge in [-0.3, -0.25) is 4.79 Å². The van der Waals surface area contributed by atoms with E-state index in [-0.39, 0.29) is 30.2 Å². The zero-order valence-corrected chi connectivity index (χ0v) is 14.8. The molecule has 6 nitrogen and oxygen atoms in total. The number of benzene rings is 1. The summed E-state index contributed by atoms with van der Waals surface area (Å²) in [6.45, 7) is 9.35. The molecule has 2 rings (SSSR count). The lowest BCUT2D eigenvalue weighted by Gasteiger charge is -2.35. The fourth-order valence-corrected chi connectivity index (χ4v) is 2.80. The summed E-state index contributed by atoms with van der Waals surface area (Å²) in [7, 11) is 0. The van der Waals surface area contributed by atoms with Crippen molar-refractivity contribution in [2.45, 2.75) is 52.5 Å². The van der Waals surface area contributed by atoms with Crippen molar-refractivity contribution in [2.75, 3.05) is 13.1 Å². The Kier molecular flexibility index (Phi) is 6.20. The molecule has 1 aliphatic heterocycles. The Morgan fingerprint density at radius 2 is 1.92 bits per heavy atom. The van der Waals surface area contributed by atoms with Crippen LogP contribution in [0.4, 0.5) is 4.79 Å². The molecule has 132 valence electrons. The SMILES string of the molecule is CC(C)NC(=O)c1cccc(CNC(=O)N2C[C@@H](C)O[C@@H](C)C2)c1. The van der Waals surface area contributed by atoms with Gasteiger partial charge >= 0.3 is 6.03 Å². The van der Waals surface area contributed by atoms with E-state index in [9.17, 15) is 9.59 Å². The van der Waals surface area contributed by atoms with Gasteiger partial charge in [0.05, 0.1) is 12.2 Å². The van der Waals surface area contributed by atoms with Crippen LogP contribution in [0.3, 0.4) is 0 Å². The summed E-state index contributed by atoms with van der Waals surface area (Å²) in [5, 5.41) is 5.78. The van der Waals surface area contributed by atoms with E-state index < -0.39 is 0 Å². The van der Waals surface area contributed by atoms with Crippen LogP contribution in [0.25, 0.3) is 0 Å². The molecule has 24 heavy (non-hydrogen) atoms. The Balaban J connectivity index is 1.92. The minimum Gasteiger partial charge on any atom is -0.372 e. The standard InChI is InChI=1S/C18H27N3O3/c1-12(2)20-17(22)16-7-5-6-15(8-16)9-19-18(23)21-10-13(3)24-14(4)11-21/h5-8,12-14H,9-11H2,1-4H3,(H,19,23)(H,20,22)/t13-,14+. The first kappa shape index (κ1) is 18.3. The van der Waals surface area contributed by atoms with Crippen LogP contribution in [0.2, 0.25) is 0 Å². The van der Waals surface area contributed by atoms with Crippen LogP contribution in [0.5, 0.6) is 0 Å². The van der Waals surface area contributed by atoms with Crippen molar-refractivity contribution < 1.29 is 14.3 Å². The highest BCUT2D eigenvalue weighted by atomic mass is 16.5. The van der Waals surface area contributed by atoms with E-state index >= 15 is 0 Å². The molecule has 2 atom stereocenters. The number of hydrogen-bond acceptors (Lipinski definition) is 3. The van der Waals surface area contributed by atoms with Crippen molar-refractivity contribution in [3.05, 3.63) is 35.4 Å². The number of rotatable bonds is 4.